The average molecular weight is 641 g/mol. The number of Topliss-reactive ketones (excluding diaryl/α,β-unsaturated/α-hetero) is 1. The van der Waals surface area contributed by atoms with Gasteiger partial charge in [0.25, 0.3) is 0 Å². The molecule has 5 rings (SSSR count). The normalized spacial score (nSPS) is 15.1. The van der Waals surface area contributed by atoms with Crippen LogP contribution in [0.1, 0.15) is 41.9 Å². The Morgan fingerprint density at radius 2 is 1.44 bits per heavy atom. The summed E-state index contributed by atoms with van der Waals surface area (Å²) in [6, 6.07) is 34.6. The highest BCUT2D eigenvalue weighted by Gasteiger charge is 2.39. The molecule has 1 saturated heterocycles. The van der Waals surface area contributed by atoms with Crippen LogP contribution in [0.2, 0.25) is 0 Å². The number of carbonyl (C=O) groups excluding carboxylic acids is 3. The van der Waals surface area contributed by atoms with Gasteiger partial charge < -0.3 is 9.64 Å². The highest BCUT2D eigenvalue weighted by atomic mass is 32.2. The lowest BCUT2D eigenvalue weighted by molar-refractivity contribution is -0.574. The van der Waals surface area contributed by atoms with E-state index in [9.17, 15) is 24.5 Å². The second-order valence-electron chi connectivity index (χ2n) is 10.5. The summed E-state index contributed by atoms with van der Waals surface area (Å²) in [7, 11) is 0. The molecule has 4 aromatic rings. The van der Waals surface area contributed by atoms with Crippen LogP contribution in [-0.4, -0.2) is 51.0 Å². The molecule has 230 valence electrons. The fraction of sp³-hybridized carbons (Fsp3) is 0.200. The van der Waals surface area contributed by atoms with E-state index < -0.39 is 24.0 Å². The Morgan fingerprint density at radius 3 is 1.96 bits per heavy atom. The van der Waals surface area contributed by atoms with Gasteiger partial charge >= 0.3 is 12.2 Å². The molecule has 4 aromatic carbocycles. The maximum absolute atomic E-state index is 13.1. The molecule has 45 heavy (non-hydrogen) atoms. The summed E-state index contributed by atoms with van der Waals surface area (Å²) in [4.78, 5) is 51.8. The molecule has 1 aliphatic rings. The maximum Gasteiger partial charge on any atom is 0.383 e. The van der Waals surface area contributed by atoms with E-state index in [1.807, 2.05) is 85.6 Å². The van der Waals surface area contributed by atoms with Crippen molar-refractivity contribution >= 4 is 58.1 Å². The molecule has 2 unspecified atom stereocenters. The number of hydrogen-bond donors (Lipinski definition) is 0. The number of likely N-dealkylation sites (tertiary alicyclic amines) is 1. The molecule has 10 heteroatoms. The smallest absolute Gasteiger partial charge is 0.383 e. The summed E-state index contributed by atoms with van der Waals surface area (Å²) in [5.74, 6) is 2.54. The van der Waals surface area contributed by atoms with Crippen LogP contribution >= 0.6 is 18.6 Å². The highest BCUT2D eigenvalue weighted by Crippen LogP contribution is 2.45. The molecule has 0 aliphatic carbocycles. The fourth-order valence-electron chi connectivity index (χ4n) is 5.38. The van der Waals surface area contributed by atoms with Gasteiger partial charge in [-0.2, -0.15) is 11.8 Å². The van der Waals surface area contributed by atoms with E-state index in [0.717, 1.165) is 21.7 Å². The molecule has 2 atom stereocenters. The van der Waals surface area contributed by atoms with E-state index in [1.165, 1.54) is 0 Å². The van der Waals surface area contributed by atoms with Gasteiger partial charge in [0.2, 0.25) is 5.91 Å². The minimum atomic E-state index is -2.65. The third-order valence-corrected chi connectivity index (χ3v) is 12.5. The number of nitrogens with zero attached hydrogens (tertiary/aromatic N) is 2. The standard InChI is InChI=1S/C35H33N2O6PS/c1-2-45-24-29(38)22-28-23-33(39)36(28)25-44(30-14-8-4-9-15-30,31-16-10-5-11-17-31)32-20-18-27(19-21-32)35(40)43-34(37(41)42)26-12-6-3-7-13-26/h3-21,25,28,34H,2,22-24H2,1H3. The summed E-state index contributed by atoms with van der Waals surface area (Å²) in [5.41, 5.74) is 0.429. The molecule has 0 N–H and O–H groups in total. The van der Waals surface area contributed by atoms with E-state index >= 15 is 0 Å². The zero-order valence-electron chi connectivity index (χ0n) is 24.7. The molecule has 0 aromatic heterocycles. The van der Waals surface area contributed by atoms with Gasteiger partial charge in [0, 0.05) is 18.8 Å². The van der Waals surface area contributed by atoms with Crippen molar-refractivity contribution in [1.29, 1.82) is 0 Å². The molecular formula is C35H33N2O6PS. The number of thioether (sulfide) groups is 1. The second kappa shape index (κ2) is 14.5. The van der Waals surface area contributed by atoms with Gasteiger partial charge in [-0.05, 0) is 52.8 Å². The van der Waals surface area contributed by atoms with Crippen LogP contribution in [0.25, 0.3) is 0 Å². The first-order valence-corrected chi connectivity index (χ1v) is 17.6. The molecule has 8 nitrogen and oxygen atoms in total. The van der Waals surface area contributed by atoms with Crippen LogP contribution < -0.4 is 15.9 Å². The van der Waals surface area contributed by atoms with E-state index in [-0.39, 0.29) is 28.9 Å². The predicted molar refractivity (Wildman–Crippen MR) is 181 cm³/mol. The number of ketones is 1. The zero-order chi connectivity index (χ0) is 31.8. The molecule has 0 spiro atoms. The van der Waals surface area contributed by atoms with E-state index in [4.69, 9.17) is 4.74 Å². The lowest BCUT2D eigenvalue weighted by atomic mass is 9.98. The summed E-state index contributed by atoms with van der Waals surface area (Å²) in [6.45, 7) is -0.640. The molecule has 0 bridgehead atoms. The number of esters is 1. The third-order valence-electron chi connectivity index (χ3n) is 7.65. The Bertz CT molecular complexity index is 1670. The summed E-state index contributed by atoms with van der Waals surface area (Å²) in [6.07, 6.45) is -1.03. The Kier molecular flexibility index (Phi) is 10.3. The van der Waals surface area contributed by atoms with Crippen molar-refractivity contribution in [2.45, 2.75) is 32.0 Å². The van der Waals surface area contributed by atoms with Crippen LogP contribution in [0.4, 0.5) is 0 Å². The first-order valence-electron chi connectivity index (χ1n) is 14.6. The Labute approximate surface area is 266 Å². The summed E-state index contributed by atoms with van der Waals surface area (Å²) < 4.78 is 5.34. The number of amides is 1. The van der Waals surface area contributed by atoms with Crippen LogP contribution in [-0.2, 0) is 14.3 Å². The first kappa shape index (κ1) is 31.9. The Balaban J connectivity index is 1.57. The maximum atomic E-state index is 13.1. The van der Waals surface area contributed by atoms with Crippen LogP contribution in [0.3, 0.4) is 0 Å². The van der Waals surface area contributed by atoms with Gasteiger partial charge in [-0.3, -0.25) is 19.7 Å². The SMILES string of the molecule is CCSCC(=O)CC1CC(=O)N1C=P(c1ccccc1)(c1ccccc1)c1ccc(C(=O)OC(c2ccccc2)[N+](=O)[O-])cc1. The van der Waals surface area contributed by atoms with Crippen LogP contribution in [0.5, 0.6) is 0 Å². The molecule has 0 saturated carbocycles. The van der Waals surface area contributed by atoms with Crippen molar-refractivity contribution in [3.05, 3.63) is 137 Å². The van der Waals surface area contributed by atoms with E-state index in [2.05, 4.69) is 0 Å². The topological polar surface area (TPSA) is 107 Å². The highest BCUT2D eigenvalue weighted by molar-refractivity contribution is 7.99. The zero-order valence-corrected chi connectivity index (χ0v) is 26.4. The molecule has 0 radical (unpaired) electrons. The fourth-order valence-corrected chi connectivity index (χ4v) is 9.81. The molecule has 1 fully saturated rings. The van der Waals surface area contributed by atoms with Gasteiger partial charge in [-0.15, -0.1) is 0 Å². The molecule has 1 aliphatic heterocycles. The minimum absolute atomic E-state index is 0.0425. The van der Waals surface area contributed by atoms with Gasteiger partial charge in [0.05, 0.1) is 27.8 Å². The number of nitro groups is 1. The van der Waals surface area contributed by atoms with E-state index in [0.29, 0.717) is 18.6 Å². The average Bonchev–Trinajstić information content (AvgIpc) is 3.07. The Hall–Kier alpha value is -4.46. The number of hydrogen-bond acceptors (Lipinski definition) is 7. The van der Waals surface area contributed by atoms with E-state index in [1.54, 1.807) is 59.1 Å². The quantitative estimate of drug-likeness (QED) is 0.0495. The summed E-state index contributed by atoms with van der Waals surface area (Å²) in [5, 5.41) is 14.6. The summed E-state index contributed by atoms with van der Waals surface area (Å²) >= 11 is 1.57. The number of rotatable bonds is 13. The van der Waals surface area contributed by atoms with Crippen molar-refractivity contribution in [3.8, 4) is 0 Å². The minimum Gasteiger partial charge on any atom is -0.390 e. The van der Waals surface area contributed by atoms with Crippen LogP contribution in [0, 0.1) is 10.1 Å². The predicted octanol–water partition coefficient (Wildman–Crippen LogP) is 5.19. The third kappa shape index (κ3) is 7.11. The van der Waals surface area contributed by atoms with Crippen molar-refractivity contribution in [2.24, 2.45) is 0 Å². The van der Waals surface area contributed by atoms with Crippen LogP contribution in [0.15, 0.2) is 115 Å². The van der Waals surface area contributed by atoms with Gasteiger partial charge in [-0.25, -0.2) is 4.79 Å². The number of β-lactam (4-membered cyclic amide) rings is 1. The molecular weight excluding hydrogens is 607 g/mol. The number of ether oxygens (including phenoxy) is 1. The van der Waals surface area contributed by atoms with Gasteiger partial charge in [0.1, 0.15) is 5.78 Å². The Morgan fingerprint density at radius 1 is 0.911 bits per heavy atom. The lowest BCUT2D eigenvalue weighted by Gasteiger charge is -2.41. The number of benzene rings is 4. The molecule has 1 amide bonds. The first-order chi connectivity index (χ1) is 21.8. The largest absolute Gasteiger partial charge is 0.390 e. The monoisotopic (exact) mass is 640 g/mol. The van der Waals surface area contributed by atoms with Crippen molar-refractivity contribution < 1.29 is 24.0 Å². The lowest BCUT2D eigenvalue weighted by Crippen LogP contribution is -2.53. The van der Waals surface area contributed by atoms with Crippen molar-refractivity contribution in [3.63, 3.8) is 0 Å². The van der Waals surface area contributed by atoms with Crippen molar-refractivity contribution in [1.82, 2.24) is 4.90 Å². The van der Waals surface area contributed by atoms with Gasteiger partial charge in [0.15, 0.2) is 0 Å². The second-order valence-corrected chi connectivity index (χ2v) is 15.0. The van der Waals surface area contributed by atoms with Crippen molar-refractivity contribution in [2.75, 3.05) is 11.5 Å². The number of carbonyl (C=O) groups is 3. The molecule has 1 heterocycles. The van der Waals surface area contributed by atoms with Gasteiger partial charge in [-0.1, -0.05) is 97.9 Å².